The SMILES string of the molecule is CC(C)(Oc1ccc(F)cc1)C(=O)N1CCCN(CC(=O)N2CCCC2)CC1. The molecule has 0 spiro atoms. The highest BCUT2D eigenvalue weighted by Gasteiger charge is 2.35. The van der Waals surface area contributed by atoms with Gasteiger partial charge >= 0.3 is 0 Å². The van der Waals surface area contributed by atoms with E-state index in [1.165, 1.54) is 24.3 Å². The fraction of sp³-hybridized carbons (Fsp3) is 0.619. The van der Waals surface area contributed by atoms with Crippen molar-refractivity contribution < 1.29 is 18.7 Å². The number of carbonyl (C=O) groups is 2. The third kappa shape index (κ3) is 5.22. The lowest BCUT2D eigenvalue weighted by molar-refractivity contribution is -0.145. The van der Waals surface area contributed by atoms with Crippen LogP contribution in [0.1, 0.15) is 33.1 Å². The molecule has 2 amide bonds. The van der Waals surface area contributed by atoms with Gasteiger partial charge in [-0.2, -0.15) is 0 Å². The molecule has 0 atom stereocenters. The van der Waals surface area contributed by atoms with Crippen molar-refractivity contribution in [3.8, 4) is 5.75 Å². The number of hydrogen-bond donors (Lipinski definition) is 0. The van der Waals surface area contributed by atoms with Gasteiger partial charge in [0.2, 0.25) is 5.91 Å². The summed E-state index contributed by atoms with van der Waals surface area (Å²) in [5.74, 6) is 0.224. The maximum Gasteiger partial charge on any atom is 0.266 e. The number of halogens is 1. The number of amides is 2. The first kappa shape index (κ1) is 20.6. The lowest BCUT2D eigenvalue weighted by Crippen LogP contribution is -2.50. The van der Waals surface area contributed by atoms with Gasteiger partial charge in [0.15, 0.2) is 5.60 Å². The van der Waals surface area contributed by atoms with Gasteiger partial charge in [-0.25, -0.2) is 4.39 Å². The number of benzene rings is 1. The van der Waals surface area contributed by atoms with Gasteiger partial charge in [0, 0.05) is 39.3 Å². The third-order valence-electron chi connectivity index (χ3n) is 5.40. The minimum atomic E-state index is -1.04. The van der Waals surface area contributed by atoms with E-state index in [0.717, 1.165) is 38.9 Å². The lowest BCUT2D eigenvalue weighted by atomic mass is 10.1. The first-order chi connectivity index (χ1) is 13.3. The maximum atomic E-state index is 13.1. The van der Waals surface area contributed by atoms with Gasteiger partial charge in [-0.05, 0) is 57.4 Å². The Balaban J connectivity index is 1.54. The van der Waals surface area contributed by atoms with E-state index in [1.54, 1.807) is 13.8 Å². The van der Waals surface area contributed by atoms with E-state index < -0.39 is 5.60 Å². The van der Waals surface area contributed by atoms with Crippen molar-refractivity contribution in [2.45, 2.75) is 38.7 Å². The van der Waals surface area contributed by atoms with Crippen LogP contribution >= 0.6 is 0 Å². The summed E-state index contributed by atoms with van der Waals surface area (Å²) in [5.41, 5.74) is -1.04. The summed E-state index contributed by atoms with van der Waals surface area (Å²) < 4.78 is 18.9. The van der Waals surface area contributed by atoms with Crippen LogP contribution in [0.2, 0.25) is 0 Å². The van der Waals surface area contributed by atoms with Crippen LogP contribution in [0, 0.1) is 5.82 Å². The molecule has 0 bridgehead atoms. The smallest absolute Gasteiger partial charge is 0.266 e. The van der Waals surface area contributed by atoms with Gasteiger partial charge in [-0.15, -0.1) is 0 Å². The van der Waals surface area contributed by atoms with Crippen molar-refractivity contribution in [2.75, 3.05) is 45.8 Å². The Labute approximate surface area is 166 Å². The molecular weight excluding hydrogens is 361 g/mol. The summed E-state index contributed by atoms with van der Waals surface area (Å²) in [6, 6.07) is 5.69. The highest BCUT2D eigenvalue weighted by molar-refractivity contribution is 5.85. The standard InChI is InChI=1S/C21H30FN3O3/c1-21(2,28-18-8-6-17(22)7-9-18)20(27)25-13-5-10-23(14-15-25)16-19(26)24-11-3-4-12-24/h6-9H,3-5,10-16H2,1-2H3. The molecule has 7 heteroatoms. The highest BCUT2D eigenvalue weighted by Crippen LogP contribution is 2.21. The van der Waals surface area contributed by atoms with Crippen molar-refractivity contribution in [1.82, 2.24) is 14.7 Å². The zero-order valence-corrected chi connectivity index (χ0v) is 16.8. The lowest BCUT2D eigenvalue weighted by Gasteiger charge is -2.32. The Morgan fingerprint density at radius 3 is 2.25 bits per heavy atom. The molecule has 2 aliphatic rings. The van der Waals surface area contributed by atoms with E-state index in [9.17, 15) is 14.0 Å². The number of hydrogen-bond acceptors (Lipinski definition) is 4. The molecule has 6 nitrogen and oxygen atoms in total. The summed E-state index contributed by atoms with van der Waals surface area (Å²) in [6.45, 7) is 8.33. The molecule has 28 heavy (non-hydrogen) atoms. The number of rotatable bonds is 5. The maximum absolute atomic E-state index is 13.1. The molecule has 2 fully saturated rings. The molecule has 1 aromatic carbocycles. The van der Waals surface area contributed by atoms with Crippen LogP contribution in [0.25, 0.3) is 0 Å². The van der Waals surface area contributed by atoms with Crippen LogP contribution in [-0.2, 0) is 9.59 Å². The zero-order chi connectivity index (χ0) is 20.1. The first-order valence-electron chi connectivity index (χ1n) is 10.1. The van der Waals surface area contributed by atoms with Crippen molar-refractivity contribution >= 4 is 11.8 Å². The Kier molecular flexibility index (Phi) is 6.54. The Morgan fingerprint density at radius 2 is 1.57 bits per heavy atom. The van der Waals surface area contributed by atoms with Crippen molar-refractivity contribution in [3.63, 3.8) is 0 Å². The molecule has 3 rings (SSSR count). The number of likely N-dealkylation sites (tertiary alicyclic amines) is 1. The fourth-order valence-electron chi connectivity index (χ4n) is 3.81. The Morgan fingerprint density at radius 1 is 0.929 bits per heavy atom. The van der Waals surface area contributed by atoms with Gasteiger partial charge in [0.05, 0.1) is 6.54 Å². The van der Waals surface area contributed by atoms with Crippen molar-refractivity contribution in [2.24, 2.45) is 0 Å². The molecule has 0 radical (unpaired) electrons. The predicted molar refractivity (Wildman–Crippen MR) is 105 cm³/mol. The van der Waals surface area contributed by atoms with Crippen LogP contribution in [-0.4, -0.2) is 77.9 Å². The normalized spacial score (nSPS) is 18.8. The van der Waals surface area contributed by atoms with Crippen LogP contribution in [0.4, 0.5) is 4.39 Å². The highest BCUT2D eigenvalue weighted by atomic mass is 19.1. The number of carbonyl (C=O) groups excluding carboxylic acids is 2. The Bertz CT molecular complexity index is 687. The summed E-state index contributed by atoms with van der Waals surface area (Å²) in [4.78, 5) is 31.3. The van der Waals surface area contributed by atoms with Crippen LogP contribution < -0.4 is 4.74 Å². The van der Waals surface area contributed by atoms with Crippen LogP contribution in [0.5, 0.6) is 5.75 Å². The molecular formula is C21H30FN3O3. The van der Waals surface area contributed by atoms with Gasteiger partial charge < -0.3 is 14.5 Å². The second-order valence-corrected chi connectivity index (χ2v) is 8.08. The quantitative estimate of drug-likeness (QED) is 0.772. The molecule has 0 unspecified atom stereocenters. The third-order valence-corrected chi connectivity index (χ3v) is 5.40. The second-order valence-electron chi connectivity index (χ2n) is 8.08. The van der Waals surface area contributed by atoms with E-state index in [2.05, 4.69) is 4.90 Å². The van der Waals surface area contributed by atoms with Crippen molar-refractivity contribution in [3.05, 3.63) is 30.1 Å². The average molecular weight is 391 g/mol. The molecule has 2 aliphatic heterocycles. The molecule has 0 aromatic heterocycles. The summed E-state index contributed by atoms with van der Waals surface area (Å²) in [5, 5.41) is 0. The van der Waals surface area contributed by atoms with E-state index in [1.807, 2.05) is 9.80 Å². The van der Waals surface area contributed by atoms with E-state index >= 15 is 0 Å². The molecule has 2 saturated heterocycles. The van der Waals surface area contributed by atoms with Gasteiger partial charge in [0.25, 0.3) is 5.91 Å². The summed E-state index contributed by atoms with van der Waals surface area (Å²) in [6.07, 6.45) is 3.01. The topological polar surface area (TPSA) is 53.1 Å². The average Bonchev–Trinajstić information content (AvgIpc) is 3.11. The van der Waals surface area contributed by atoms with E-state index in [-0.39, 0.29) is 17.6 Å². The van der Waals surface area contributed by atoms with Crippen molar-refractivity contribution in [1.29, 1.82) is 0 Å². The summed E-state index contributed by atoms with van der Waals surface area (Å²) in [7, 11) is 0. The molecule has 0 N–H and O–H groups in total. The first-order valence-corrected chi connectivity index (χ1v) is 10.1. The van der Waals surface area contributed by atoms with Gasteiger partial charge in [0.1, 0.15) is 11.6 Å². The van der Waals surface area contributed by atoms with Gasteiger partial charge in [-0.3, -0.25) is 14.5 Å². The summed E-state index contributed by atoms with van der Waals surface area (Å²) >= 11 is 0. The largest absolute Gasteiger partial charge is 0.478 e. The van der Waals surface area contributed by atoms with Crippen LogP contribution in [0.15, 0.2) is 24.3 Å². The molecule has 1 aromatic rings. The molecule has 154 valence electrons. The predicted octanol–water partition coefficient (Wildman–Crippen LogP) is 2.14. The second kappa shape index (κ2) is 8.90. The number of nitrogens with zero attached hydrogens (tertiary/aromatic N) is 3. The van der Waals surface area contributed by atoms with Gasteiger partial charge in [-0.1, -0.05) is 0 Å². The molecule has 0 aliphatic carbocycles. The monoisotopic (exact) mass is 391 g/mol. The minimum absolute atomic E-state index is 0.0930. The fourth-order valence-corrected chi connectivity index (χ4v) is 3.81. The number of ether oxygens (including phenoxy) is 1. The van der Waals surface area contributed by atoms with Crippen LogP contribution in [0.3, 0.4) is 0 Å². The van der Waals surface area contributed by atoms with E-state index in [0.29, 0.717) is 31.9 Å². The minimum Gasteiger partial charge on any atom is -0.478 e. The van der Waals surface area contributed by atoms with E-state index in [4.69, 9.17) is 4.74 Å². The molecule has 2 heterocycles. The Hall–Kier alpha value is -2.15. The molecule has 0 saturated carbocycles. The zero-order valence-electron chi connectivity index (χ0n) is 16.8.